The molecule has 0 atom stereocenters. The molecule has 1 saturated carbocycles. The minimum Gasteiger partial charge on any atom is -0.350 e. The van der Waals surface area contributed by atoms with E-state index in [-0.39, 0.29) is 17.2 Å². The van der Waals surface area contributed by atoms with E-state index in [2.05, 4.69) is 15.6 Å². The highest BCUT2D eigenvalue weighted by Gasteiger charge is 2.16. The minimum absolute atomic E-state index is 0.222. The molecule has 18 heavy (non-hydrogen) atoms. The largest absolute Gasteiger partial charge is 0.350 e. The molecule has 0 aliphatic heterocycles. The molecule has 4 amide bonds. The zero-order valence-electron chi connectivity index (χ0n) is 10.6. The summed E-state index contributed by atoms with van der Waals surface area (Å²) in [7, 11) is 0. The highest BCUT2D eigenvalue weighted by Crippen LogP contribution is 2.17. The molecule has 0 aromatic carbocycles. The van der Waals surface area contributed by atoms with Gasteiger partial charge in [0.25, 0.3) is 0 Å². The van der Waals surface area contributed by atoms with Crippen LogP contribution in [-0.4, -0.2) is 29.0 Å². The Kier molecular flexibility index (Phi) is 6.56. The maximum Gasteiger partial charge on any atom is 0.340 e. The second-order valence-corrected chi connectivity index (χ2v) is 5.37. The van der Waals surface area contributed by atoms with Crippen molar-refractivity contribution in [2.45, 2.75) is 45.1 Å². The summed E-state index contributed by atoms with van der Waals surface area (Å²) in [6.07, 6.45) is 5.56. The molecule has 0 unspecified atom stereocenters. The Hall–Kier alpha value is -1.24. The second-order valence-electron chi connectivity index (χ2n) is 4.12. The first kappa shape index (κ1) is 14.8. The van der Waals surface area contributed by atoms with E-state index in [0.717, 1.165) is 25.7 Å². The second kappa shape index (κ2) is 7.97. The lowest BCUT2D eigenvalue weighted by atomic mass is 9.96. The predicted molar refractivity (Wildman–Crippen MR) is 73.7 cm³/mol. The molecular weight excluding hydrogens is 252 g/mol. The number of thioether (sulfide) groups is 1. The molecule has 102 valence electrons. The Morgan fingerprint density at radius 3 is 2.56 bits per heavy atom. The number of rotatable bonds is 2. The molecular formula is C11H20N4O2S. The fourth-order valence-electron chi connectivity index (χ4n) is 1.90. The van der Waals surface area contributed by atoms with Crippen LogP contribution in [0.2, 0.25) is 0 Å². The van der Waals surface area contributed by atoms with Gasteiger partial charge in [-0.3, -0.25) is 5.32 Å². The van der Waals surface area contributed by atoms with E-state index < -0.39 is 6.03 Å². The normalized spacial score (nSPS) is 17.3. The van der Waals surface area contributed by atoms with Crippen molar-refractivity contribution < 1.29 is 9.59 Å². The van der Waals surface area contributed by atoms with Gasteiger partial charge in [0, 0.05) is 6.04 Å². The lowest BCUT2D eigenvalue weighted by Crippen LogP contribution is -2.44. The van der Waals surface area contributed by atoms with Crippen LogP contribution in [-0.2, 0) is 0 Å². The highest BCUT2D eigenvalue weighted by molar-refractivity contribution is 8.13. The van der Waals surface area contributed by atoms with Gasteiger partial charge in [-0.1, -0.05) is 37.9 Å². The van der Waals surface area contributed by atoms with E-state index in [9.17, 15) is 9.59 Å². The summed E-state index contributed by atoms with van der Waals surface area (Å²) in [4.78, 5) is 26.0. The smallest absolute Gasteiger partial charge is 0.340 e. The zero-order chi connectivity index (χ0) is 13.4. The number of hydrogen-bond acceptors (Lipinski definition) is 3. The third-order valence-corrected chi connectivity index (χ3v) is 3.41. The SMILES string of the molecule is CCSC(=NC(N)=O)NC(=O)NC1CCCCC1. The first-order valence-electron chi connectivity index (χ1n) is 6.20. The molecule has 1 aliphatic rings. The van der Waals surface area contributed by atoms with Gasteiger partial charge >= 0.3 is 12.1 Å². The Morgan fingerprint density at radius 2 is 2.00 bits per heavy atom. The van der Waals surface area contributed by atoms with Crippen LogP contribution in [0.15, 0.2) is 4.99 Å². The Balaban J connectivity index is 2.42. The van der Waals surface area contributed by atoms with Gasteiger partial charge in [0.15, 0.2) is 5.17 Å². The van der Waals surface area contributed by atoms with Crippen LogP contribution in [0.25, 0.3) is 0 Å². The number of nitrogens with two attached hydrogens (primary N) is 1. The van der Waals surface area contributed by atoms with E-state index in [1.54, 1.807) is 0 Å². The fraction of sp³-hybridized carbons (Fsp3) is 0.727. The number of nitrogens with one attached hydrogen (secondary N) is 2. The number of urea groups is 2. The van der Waals surface area contributed by atoms with Crippen LogP contribution in [0.3, 0.4) is 0 Å². The molecule has 1 fully saturated rings. The van der Waals surface area contributed by atoms with E-state index in [0.29, 0.717) is 5.75 Å². The molecule has 0 spiro atoms. The number of primary amides is 1. The lowest BCUT2D eigenvalue weighted by molar-refractivity contribution is 0.237. The maximum atomic E-state index is 11.7. The summed E-state index contributed by atoms with van der Waals surface area (Å²) in [5.74, 6) is 0.704. The number of carbonyl (C=O) groups excluding carboxylic acids is 2. The van der Waals surface area contributed by atoms with Crippen LogP contribution in [0.5, 0.6) is 0 Å². The molecule has 1 aliphatic carbocycles. The molecule has 1 rings (SSSR count). The molecule has 0 radical (unpaired) electrons. The van der Waals surface area contributed by atoms with Gasteiger partial charge < -0.3 is 11.1 Å². The summed E-state index contributed by atoms with van der Waals surface area (Å²) >= 11 is 1.27. The van der Waals surface area contributed by atoms with Crippen molar-refractivity contribution in [3.05, 3.63) is 0 Å². The van der Waals surface area contributed by atoms with Gasteiger partial charge in [0.1, 0.15) is 0 Å². The number of amidine groups is 1. The maximum absolute atomic E-state index is 11.7. The number of hydrogen-bond donors (Lipinski definition) is 3. The summed E-state index contributed by atoms with van der Waals surface area (Å²) in [6, 6.07) is -0.896. The van der Waals surface area contributed by atoms with Gasteiger partial charge in [-0.05, 0) is 18.6 Å². The summed E-state index contributed by atoms with van der Waals surface area (Å²) in [6.45, 7) is 1.90. The van der Waals surface area contributed by atoms with Crippen molar-refractivity contribution in [1.29, 1.82) is 0 Å². The molecule has 0 heterocycles. The number of carbonyl (C=O) groups is 2. The fourth-order valence-corrected chi connectivity index (χ4v) is 2.49. The summed E-state index contributed by atoms with van der Waals surface area (Å²) in [5, 5.41) is 5.69. The van der Waals surface area contributed by atoms with Crippen molar-refractivity contribution in [2.24, 2.45) is 10.7 Å². The predicted octanol–water partition coefficient (Wildman–Crippen LogP) is 1.81. The first-order chi connectivity index (χ1) is 8.61. The standard InChI is InChI=1S/C11H20N4O2S/c1-2-18-11(14-9(12)16)15-10(17)13-8-6-4-3-5-7-8/h8H,2-7H2,1H3,(H4,12,13,14,15,16,17). The van der Waals surface area contributed by atoms with Crippen LogP contribution < -0.4 is 16.4 Å². The first-order valence-corrected chi connectivity index (χ1v) is 7.18. The van der Waals surface area contributed by atoms with Crippen LogP contribution in [0.1, 0.15) is 39.0 Å². The Morgan fingerprint density at radius 1 is 1.33 bits per heavy atom. The van der Waals surface area contributed by atoms with E-state index in [1.807, 2.05) is 6.92 Å². The third-order valence-electron chi connectivity index (χ3n) is 2.65. The van der Waals surface area contributed by atoms with Gasteiger partial charge in [-0.25, -0.2) is 9.59 Å². The van der Waals surface area contributed by atoms with E-state index in [1.165, 1.54) is 18.2 Å². The molecule has 0 saturated heterocycles. The number of aliphatic imine (C=N–C) groups is 1. The van der Waals surface area contributed by atoms with E-state index >= 15 is 0 Å². The van der Waals surface area contributed by atoms with Gasteiger partial charge in [-0.2, -0.15) is 4.99 Å². The van der Waals surface area contributed by atoms with Crippen LogP contribution in [0, 0.1) is 0 Å². The van der Waals surface area contributed by atoms with Gasteiger partial charge in [0.2, 0.25) is 0 Å². The Labute approximate surface area is 111 Å². The summed E-state index contributed by atoms with van der Waals surface area (Å²) in [5.41, 5.74) is 4.97. The van der Waals surface area contributed by atoms with Crippen molar-refractivity contribution in [3.63, 3.8) is 0 Å². The zero-order valence-corrected chi connectivity index (χ0v) is 11.4. The average Bonchev–Trinajstić information content (AvgIpc) is 2.29. The van der Waals surface area contributed by atoms with Crippen molar-refractivity contribution in [1.82, 2.24) is 10.6 Å². The molecule has 0 bridgehead atoms. The van der Waals surface area contributed by atoms with Gasteiger partial charge in [0.05, 0.1) is 0 Å². The molecule has 4 N–H and O–H groups in total. The summed E-state index contributed by atoms with van der Waals surface area (Å²) < 4.78 is 0. The van der Waals surface area contributed by atoms with Crippen molar-refractivity contribution >= 4 is 29.0 Å². The molecule has 6 nitrogen and oxygen atoms in total. The van der Waals surface area contributed by atoms with Crippen LogP contribution in [0.4, 0.5) is 9.59 Å². The van der Waals surface area contributed by atoms with E-state index in [4.69, 9.17) is 5.73 Å². The van der Waals surface area contributed by atoms with Crippen molar-refractivity contribution in [2.75, 3.05) is 5.75 Å². The average molecular weight is 272 g/mol. The molecule has 0 aromatic heterocycles. The van der Waals surface area contributed by atoms with Gasteiger partial charge in [-0.15, -0.1) is 0 Å². The third kappa shape index (κ3) is 5.90. The number of nitrogens with zero attached hydrogens (tertiary/aromatic N) is 1. The molecule has 7 heteroatoms. The quantitative estimate of drug-likeness (QED) is 0.528. The monoisotopic (exact) mass is 272 g/mol. The topological polar surface area (TPSA) is 96.6 Å². The minimum atomic E-state index is -0.802. The van der Waals surface area contributed by atoms with Crippen LogP contribution >= 0.6 is 11.8 Å². The van der Waals surface area contributed by atoms with Crippen molar-refractivity contribution in [3.8, 4) is 0 Å². The lowest BCUT2D eigenvalue weighted by Gasteiger charge is -2.22. The highest BCUT2D eigenvalue weighted by atomic mass is 32.2. The molecule has 0 aromatic rings. The Bertz CT molecular complexity index is 327. The number of amides is 4.